The minimum Gasteiger partial charge on any atom is -0.0619 e. The number of benzene rings is 6. The van der Waals surface area contributed by atoms with Crippen LogP contribution in [-0.2, 0) is 12.8 Å². The molecule has 0 saturated carbocycles. The first-order chi connectivity index (χ1) is 15.8. The Morgan fingerprint density at radius 1 is 0.312 bits per heavy atom. The highest BCUT2D eigenvalue weighted by molar-refractivity contribution is 6.27. The molecule has 0 nitrogen and oxygen atoms in total. The first-order valence-electron chi connectivity index (χ1n) is 11.5. The number of fused-ring (bicyclic) bond motifs is 12. The average molecular weight is 405 g/mol. The van der Waals surface area contributed by atoms with E-state index in [-0.39, 0.29) is 0 Å². The third-order valence-electron chi connectivity index (χ3n) is 7.66. The SMILES string of the molecule is c1ccc2c(c1)Cc1cc3c(cc1-2)c1ccccc1c1cc2c(cc13)-c1ccccc1C2. The van der Waals surface area contributed by atoms with E-state index in [0.29, 0.717) is 0 Å². The number of rotatable bonds is 0. The third kappa shape index (κ3) is 2.07. The van der Waals surface area contributed by atoms with Crippen molar-refractivity contribution in [2.75, 3.05) is 0 Å². The molecule has 0 N–H and O–H groups in total. The van der Waals surface area contributed by atoms with Crippen LogP contribution in [0.1, 0.15) is 22.3 Å². The molecule has 6 aromatic rings. The van der Waals surface area contributed by atoms with E-state index in [1.807, 2.05) is 0 Å². The van der Waals surface area contributed by atoms with Gasteiger partial charge in [-0.2, -0.15) is 0 Å². The summed E-state index contributed by atoms with van der Waals surface area (Å²) >= 11 is 0. The molecule has 0 fully saturated rings. The van der Waals surface area contributed by atoms with Gasteiger partial charge in [-0.15, -0.1) is 0 Å². The fourth-order valence-corrected chi connectivity index (χ4v) is 6.21. The third-order valence-corrected chi connectivity index (χ3v) is 7.66. The summed E-state index contributed by atoms with van der Waals surface area (Å²) in [7, 11) is 0. The normalized spacial score (nSPS) is 13.4. The largest absolute Gasteiger partial charge is 0.0619 e. The van der Waals surface area contributed by atoms with Crippen molar-refractivity contribution in [1.82, 2.24) is 0 Å². The summed E-state index contributed by atoms with van der Waals surface area (Å²) in [6, 6.07) is 36.6. The van der Waals surface area contributed by atoms with Crippen LogP contribution in [0.2, 0.25) is 0 Å². The van der Waals surface area contributed by atoms with Gasteiger partial charge in [0.15, 0.2) is 0 Å². The van der Waals surface area contributed by atoms with Gasteiger partial charge in [0.1, 0.15) is 0 Å². The molecule has 0 bridgehead atoms. The van der Waals surface area contributed by atoms with Crippen molar-refractivity contribution in [2.45, 2.75) is 12.8 Å². The highest BCUT2D eigenvalue weighted by atomic mass is 14.3. The van der Waals surface area contributed by atoms with Crippen molar-refractivity contribution in [3.63, 3.8) is 0 Å². The fourth-order valence-electron chi connectivity index (χ4n) is 6.21. The topological polar surface area (TPSA) is 0 Å². The van der Waals surface area contributed by atoms with E-state index in [0.717, 1.165) is 12.8 Å². The zero-order valence-corrected chi connectivity index (χ0v) is 17.7. The van der Waals surface area contributed by atoms with Crippen LogP contribution >= 0.6 is 0 Å². The molecule has 32 heavy (non-hydrogen) atoms. The molecule has 2 aliphatic carbocycles. The molecule has 0 amide bonds. The molecule has 0 spiro atoms. The fraction of sp³-hybridized carbons (Fsp3) is 0.0625. The van der Waals surface area contributed by atoms with Crippen molar-refractivity contribution < 1.29 is 0 Å². The Bertz CT molecular complexity index is 1770. The van der Waals surface area contributed by atoms with Crippen LogP contribution in [0, 0.1) is 0 Å². The van der Waals surface area contributed by atoms with Gasteiger partial charge < -0.3 is 0 Å². The molecule has 0 aromatic heterocycles. The first kappa shape index (κ1) is 16.8. The Labute approximate surface area is 186 Å². The van der Waals surface area contributed by atoms with E-state index in [2.05, 4.69) is 97.1 Å². The predicted molar refractivity (Wildman–Crippen MR) is 135 cm³/mol. The lowest BCUT2D eigenvalue weighted by Gasteiger charge is -2.14. The monoisotopic (exact) mass is 404 g/mol. The lowest BCUT2D eigenvalue weighted by Crippen LogP contribution is -1.89. The van der Waals surface area contributed by atoms with E-state index in [1.165, 1.54) is 76.8 Å². The maximum Gasteiger partial charge on any atom is -0.00132 e. The molecule has 148 valence electrons. The van der Waals surface area contributed by atoms with E-state index in [4.69, 9.17) is 0 Å². The van der Waals surface area contributed by atoms with Crippen LogP contribution in [0.15, 0.2) is 97.1 Å². The van der Waals surface area contributed by atoms with Crippen molar-refractivity contribution >= 4 is 32.3 Å². The van der Waals surface area contributed by atoms with Crippen molar-refractivity contribution in [3.8, 4) is 22.3 Å². The van der Waals surface area contributed by atoms with Gasteiger partial charge in [-0.1, -0.05) is 72.8 Å². The maximum absolute atomic E-state index is 2.48. The van der Waals surface area contributed by atoms with Crippen molar-refractivity contribution in [2.24, 2.45) is 0 Å². The second-order valence-electron chi connectivity index (χ2n) is 9.32. The van der Waals surface area contributed by atoms with Gasteiger partial charge in [0.05, 0.1) is 0 Å². The molecule has 0 heteroatoms. The molecule has 0 heterocycles. The predicted octanol–water partition coefficient (Wildman–Crippen LogP) is 8.29. The smallest absolute Gasteiger partial charge is 0.00132 e. The summed E-state index contributed by atoms with van der Waals surface area (Å²) in [5.41, 5.74) is 11.4. The lowest BCUT2D eigenvalue weighted by atomic mass is 9.89. The number of hydrogen-bond donors (Lipinski definition) is 0. The molecule has 0 radical (unpaired) electrons. The van der Waals surface area contributed by atoms with Gasteiger partial charge in [0.2, 0.25) is 0 Å². The molecular formula is C32H20. The Hall–Kier alpha value is -3.90. The second-order valence-corrected chi connectivity index (χ2v) is 9.32. The molecule has 0 aliphatic heterocycles. The molecule has 0 unspecified atom stereocenters. The molecule has 2 aliphatic rings. The van der Waals surface area contributed by atoms with Gasteiger partial charge in [0, 0.05) is 0 Å². The zero-order chi connectivity index (χ0) is 20.8. The van der Waals surface area contributed by atoms with Crippen molar-refractivity contribution in [3.05, 3.63) is 119 Å². The average Bonchev–Trinajstić information content (AvgIpc) is 3.39. The molecular weight excluding hydrogens is 384 g/mol. The molecule has 0 saturated heterocycles. The van der Waals surface area contributed by atoms with E-state index < -0.39 is 0 Å². The van der Waals surface area contributed by atoms with Crippen LogP contribution in [0.4, 0.5) is 0 Å². The summed E-state index contributed by atoms with van der Waals surface area (Å²) in [6.07, 6.45) is 2.07. The second kappa shape index (κ2) is 5.87. The van der Waals surface area contributed by atoms with Gasteiger partial charge in [0.25, 0.3) is 0 Å². The Balaban J connectivity index is 1.54. The Kier molecular flexibility index (Phi) is 3.07. The maximum atomic E-state index is 2.48. The van der Waals surface area contributed by atoms with Gasteiger partial charge in [-0.25, -0.2) is 0 Å². The van der Waals surface area contributed by atoms with Gasteiger partial charge in [-0.3, -0.25) is 0 Å². The zero-order valence-electron chi connectivity index (χ0n) is 17.7. The van der Waals surface area contributed by atoms with Crippen LogP contribution in [0.3, 0.4) is 0 Å². The minimum absolute atomic E-state index is 1.03. The highest BCUT2D eigenvalue weighted by Crippen LogP contribution is 2.46. The standard InChI is InChI=1S/C32H20/c1-3-9-23-20(8-1)14-22-16-30-31(17-27(22)23)26-12-6-5-11-25(26)29-15-21-13-19-7-2-4-10-24(19)28(21)18-32(29)30/h1-12,15-18H,13-14H2. The molecule has 6 aromatic carbocycles. The van der Waals surface area contributed by atoms with E-state index >= 15 is 0 Å². The van der Waals surface area contributed by atoms with E-state index in [9.17, 15) is 0 Å². The Morgan fingerprint density at radius 2 is 0.719 bits per heavy atom. The van der Waals surface area contributed by atoms with Crippen LogP contribution in [0.25, 0.3) is 54.6 Å². The molecule has 8 rings (SSSR count). The van der Waals surface area contributed by atoms with Crippen LogP contribution < -0.4 is 0 Å². The van der Waals surface area contributed by atoms with Crippen molar-refractivity contribution in [1.29, 1.82) is 0 Å². The summed E-state index contributed by atoms with van der Waals surface area (Å²) in [6.45, 7) is 0. The summed E-state index contributed by atoms with van der Waals surface area (Å²) in [5, 5.41) is 8.24. The van der Waals surface area contributed by atoms with E-state index in [1.54, 1.807) is 0 Å². The summed E-state index contributed by atoms with van der Waals surface area (Å²) in [5.74, 6) is 0. The lowest BCUT2D eigenvalue weighted by molar-refractivity contribution is 1.27. The molecule has 0 atom stereocenters. The minimum atomic E-state index is 1.03. The highest BCUT2D eigenvalue weighted by Gasteiger charge is 2.23. The number of hydrogen-bond acceptors (Lipinski definition) is 0. The van der Waals surface area contributed by atoms with Gasteiger partial charge >= 0.3 is 0 Å². The van der Waals surface area contributed by atoms with Crippen LogP contribution in [0.5, 0.6) is 0 Å². The van der Waals surface area contributed by atoms with Crippen LogP contribution in [-0.4, -0.2) is 0 Å². The quantitative estimate of drug-likeness (QED) is 0.223. The van der Waals surface area contributed by atoms with Gasteiger partial charge in [-0.05, 0) is 114 Å². The summed E-state index contributed by atoms with van der Waals surface area (Å²) < 4.78 is 0. The Morgan fingerprint density at radius 3 is 1.28 bits per heavy atom. The first-order valence-corrected chi connectivity index (χ1v) is 11.5. The summed E-state index contributed by atoms with van der Waals surface area (Å²) in [4.78, 5) is 0.